The molecule has 2 N–H and O–H groups in total. The van der Waals surface area contributed by atoms with Gasteiger partial charge in [0.05, 0.1) is 11.1 Å². The van der Waals surface area contributed by atoms with Crippen LogP contribution in [0, 0.1) is 26.7 Å². The number of furan rings is 1. The van der Waals surface area contributed by atoms with Crippen molar-refractivity contribution in [3.63, 3.8) is 0 Å². The van der Waals surface area contributed by atoms with Crippen LogP contribution in [0.5, 0.6) is 17.2 Å². The van der Waals surface area contributed by atoms with Crippen LogP contribution in [0.25, 0.3) is 21.8 Å². The van der Waals surface area contributed by atoms with E-state index in [1.54, 1.807) is 43.0 Å². The number of carboxylic acid groups (broad SMARTS) is 2. The average molecular weight is 929 g/mol. The molecular formula is C48H46F6O8S2. The maximum atomic E-state index is 12.9. The molecule has 0 bridgehead atoms. The van der Waals surface area contributed by atoms with Crippen LogP contribution in [0.4, 0.5) is 26.3 Å². The molecule has 0 aliphatic heterocycles. The van der Waals surface area contributed by atoms with Gasteiger partial charge in [-0.3, -0.25) is 0 Å². The highest BCUT2D eigenvalue weighted by Crippen LogP contribution is 2.37. The number of rotatable bonds is 17. The maximum absolute atomic E-state index is 12.9. The fourth-order valence-corrected chi connectivity index (χ4v) is 8.19. The molecule has 0 aliphatic carbocycles. The third-order valence-electron chi connectivity index (χ3n) is 9.64. The molecule has 6 rings (SSSR count). The summed E-state index contributed by atoms with van der Waals surface area (Å²) in [6.45, 7) is 9.34. The third kappa shape index (κ3) is 14.3. The fraction of sp³-hybridized carbons (Fsp3) is 0.292. The van der Waals surface area contributed by atoms with Crippen LogP contribution >= 0.6 is 23.1 Å². The first kappa shape index (κ1) is 49.2. The van der Waals surface area contributed by atoms with Gasteiger partial charge < -0.3 is 28.8 Å². The second kappa shape index (κ2) is 21.7. The highest BCUT2D eigenvalue weighted by molar-refractivity contribution is 7.98. The number of alkyl halides is 6. The van der Waals surface area contributed by atoms with Gasteiger partial charge in [0, 0.05) is 43.5 Å². The molecule has 0 saturated heterocycles. The van der Waals surface area contributed by atoms with Crippen molar-refractivity contribution in [1.82, 2.24) is 0 Å². The first-order valence-electron chi connectivity index (χ1n) is 19.9. The lowest BCUT2D eigenvalue weighted by Gasteiger charge is -2.10. The second-order valence-corrected chi connectivity index (χ2v) is 17.4. The highest BCUT2D eigenvalue weighted by Gasteiger charge is 2.31. The van der Waals surface area contributed by atoms with E-state index in [4.69, 9.17) is 28.8 Å². The lowest BCUT2D eigenvalue weighted by molar-refractivity contribution is -0.140. The molecule has 0 saturated carbocycles. The number of thiophene rings is 1. The summed E-state index contributed by atoms with van der Waals surface area (Å²) >= 11 is 3.10. The van der Waals surface area contributed by atoms with Crippen LogP contribution in [-0.4, -0.2) is 35.4 Å². The summed E-state index contributed by atoms with van der Waals surface area (Å²) in [5, 5.41) is 17.5. The zero-order chi connectivity index (χ0) is 46.8. The van der Waals surface area contributed by atoms with Crippen LogP contribution in [0.2, 0.25) is 0 Å². The van der Waals surface area contributed by atoms with Crippen molar-refractivity contribution in [1.29, 1.82) is 0 Å². The van der Waals surface area contributed by atoms with Gasteiger partial charge in [0.2, 0.25) is 0 Å². The number of halogens is 6. The Balaban J connectivity index is 0.000000243. The molecule has 64 heavy (non-hydrogen) atoms. The van der Waals surface area contributed by atoms with Crippen molar-refractivity contribution < 1.29 is 64.8 Å². The number of benzene rings is 4. The Morgan fingerprint density at radius 1 is 0.688 bits per heavy atom. The minimum atomic E-state index is -4.38. The average Bonchev–Trinajstić information content (AvgIpc) is 3.82. The van der Waals surface area contributed by atoms with Crippen molar-refractivity contribution in [3.05, 3.63) is 141 Å². The number of aryl methyl sites for hydroxylation is 4. The van der Waals surface area contributed by atoms with E-state index < -0.39 is 48.6 Å². The SMILES string of the molecule is Cc1cc(OCc2cc(-c3ccc(C(F)(F)F)cc3)sc2C)ccc1OCC(=O)O.Cc1cc(SCc2cc(-c3ccc(C(F)(F)F)cc3)oc2CCC(C)C)ccc1OCC(=O)O. The monoisotopic (exact) mass is 928 g/mol. The van der Waals surface area contributed by atoms with Gasteiger partial charge in [-0.15, -0.1) is 23.1 Å². The number of carbonyl (C=O) groups is 2. The molecule has 0 atom stereocenters. The Hall–Kier alpha value is -5.87. The van der Waals surface area contributed by atoms with Gasteiger partial charge in [0.15, 0.2) is 13.2 Å². The Kier molecular flexibility index (Phi) is 16.6. The Bertz CT molecular complexity index is 2510. The molecule has 4 aromatic carbocycles. The van der Waals surface area contributed by atoms with E-state index in [9.17, 15) is 35.9 Å². The summed E-state index contributed by atoms with van der Waals surface area (Å²) < 4.78 is 99.3. The van der Waals surface area contributed by atoms with E-state index in [1.807, 2.05) is 38.1 Å². The molecule has 0 amide bonds. The van der Waals surface area contributed by atoms with E-state index in [-0.39, 0.29) is 0 Å². The van der Waals surface area contributed by atoms with E-state index in [2.05, 4.69) is 13.8 Å². The van der Waals surface area contributed by atoms with Crippen molar-refractivity contribution in [3.8, 4) is 39.0 Å². The van der Waals surface area contributed by atoms with E-state index in [0.717, 1.165) is 85.3 Å². The molecule has 0 fully saturated rings. The van der Waals surface area contributed by atoms with Gasteiger partial charge in [0.25, 0.3) is 0 Å². The molecule has 0 radical (unpaired) electrons. The van der Waals surface area contributed by atoms with Gasteiger partial charge >= 0.3 is 24.3 Å². The summed E-state index contributed by atoms with van der Waals surface area (Å²) in [6.07, 6.45) is -7.05. The predicted octanol–water partition coefficient (Wildman–Crippen LogP) is 13.7. The van der Waals surface area contributed by atoms with Crippen molar-refractivity contribution in [2.24, 2.45) is 5.92 Å². The summed E-state index contributed by atoms with van der Waals surface area (Å²) in [7, 11) is 0. The summed E-state index contributed by atoms with van der Waals surface area (Å²) in [5.41, 5.74) is 3.50. The first-order valence-corrected chi connectivity index (χ1v) is 21.7. The fourth-order valence-electron chi connectivity index (χ4n) is 6.16. The molecule has 2 heterocycles. The molecule has 8 nitrogen and oxygen atoms in total. The van der Waals surface area contributed by atoms with Crippen LogP contribution in [0.3, 0.4) is 0 Å². The number of hydrogen-bond acceptors (Lipinski definition) is 8. The van der Waals surface area contributed by atoms with Crippen molar-refractivity contribution in [2.75, 3.05) is 13.2 Å². The van der Waals surface area contributed by atoms with Gasteiger partial charge in [-0.05, 0) is 123 Å². The smallest absolute Gasteiger partial charge is 0.416 e. The highest BCUT2D eigenvalue weighted by atomic mass is 32.2. The molecule has 16 heteroatoms. The minimum Gasteiger partial charge on any atom is -0.489 e. The number of ether oxygens (including phenoxy) is 3. The number of hydrogen-bond donors (Lipinski definition) is 2. The number of aliphatic carboxylic acids is 2. The Morgan fingerprint density at radius 3 is 1.75 bits per heavy atom. The molecule has 0 spiro atoms. The molecular weight excluding hydrogens is 883 g/mol. The summed E-state index contributed by atoms with van der Waals surface area (Å²) in [5.74, 6) is 2.04. The number of thioether (sulfide) groups is 1. The van der Waals surface area contributed by atoms with Gasteiger partial charge in [-0.25, -0.2) is 9.59 Å². The summed E-state index contributed by atoms with van der Waals surface area (Å²) in [4.78, 5) is 24.2. The van der Waals surface area contributed by atoms with Gasteiger partial charge in [-0.1, -0.05) is 38.1 Å². The zero-order valence-corrected chi connectivity index (χ0v) is 37.1. The normalized spacial score (nSPS) is 11.6. The lowest BCUT2D eigenvalue weighted by atomic mass is 10.1. The van der Waals surface area contributed by atoms with Gasteiger partial charge in [0.1, 0.15) is 35.4 Å². The van der Waals surface area contributed by atoms with Crippen molar-refractivity contribution >= 4 is 35.0 Å². The largest absolute Gasteiger partial charge is 0.489 e. The van der Waals surface area contributed by atoms with Crippen molar-refractivity contribution in [2.45, 2.75) is 77.1 Å². The Morgan fingerprint density at radius 2 is 1.23 bits per heavy atom. The minimum absolute atomic E-state index is 0.303. The standard InChI is InChI=1S/C26H27F3O4S.C22H19F3O4S/c1-16(2)4-10-23-19(13-24(33-23)18-5-7-20(8-6-18)26(27,28)29)15-34-21-9-11-22(17(3)12-21)32-14-25(30)31;1-13-9-18(7-8-19(13)29-12-21(26)27)28-11-16-10-20(30-14(16)2)15-3-5-17(6-4-15)22(23,24)25/h5-9,11-13,16H,4,10,14-15H2,1-3H3,(H,30,31);3-10H,11-12H2,1-2H3,(H,26,27). The van der Waals surface area contributed by atoms with Gasteiger partial charge in [-0.2, -0.15) is 26.3 Å². The van der Waals surface area contributed by atoms with E-state index >= 15 is 0 Å². The predicted molar refractivity (Wildman–Crippen MR) is 234 cm³/mol. The summed E-state index contributed by atoms with van der Waals surface area (Å²) in [6, 6.07) is 24.6. The second-order valence-electron chi connectivity index (χ2n) is 15.1. The molecule has 2 aromatic heterocycles. The lowest BCUT2D eigenvalue weighted by Crippen LogP contribution is -2.10. The maximum Gasteiger partial charge on any atom is 0.416 e. The third-order valence-corrected chi connectivity index (χ3v) is 11.8. The molecule has 0 aliphatic rings. The Labute approximate surface area is 374 Å². The molecule has 340 valence electrons. The quantitative estimate of drug-likeness (QED) is 0.0681. The first-order chi connectivity index (χ1) is 30.2. The van der Waals surface area contributed by atoms with Crippen LogP contribution < -0.4 is 14.2 Å². The van der Waals surface area contributed by atoms with E-state index in [0.29, 0.717) is 46.8 Å². The van der Waals surface area contributed by atoms with Crippen LogP contribution in [0.15, 0.2) is 106 Å². The zero-order valence-electron chi connectivity index (χ0n) is 35.5. The van der Waals surface area contributed by atoms with Crippen LogP contribution in [0.1, 0.15) is 64.3 Å². The topological polar surface area (TPSA) is 115 Å². The van der Waals surface area contributed by atoms with Crippen LogP contribution in [-0.2, 0) is 40.7 Å². The molecule has 0 unspecified atom stereocenters. The van der Waals surface area contributed by atoms with E-state index in [1.165, 1.54) is 35.6 Å². The molecule has 6 aromatic rings. The number of carboxylic acids is 2.